The molecule has 0 aliphatic rings. The quantitative estimate of drug-likeness (QED) is 0.563. The van der Waals surface area contributed by atoms with Crippen LogP contribution < -0.4 is 5.32 Å². The predicted octanol–water partition coefficient (Wildman–Crippen LogP) is 3.73. The third kappa shape index (κ3) is 3.60. The number of oxazole rings is 1. The molecule has 26 heavy (non-hydrogen) atoms. The van der Waals surface area contributed by atoms with Crippen LogP contribution in [0.5, 0.6) is 0 Å². The Morgan fingerprint density at radius 3 is 2.96 bits per heavy atom. The standard InChI is InChI=1S/C19H15ClN4O2/c20-14-3-1-2-12(8-14)9-18-24-15-5-4-13(10-16(15)26-18)19(25)23-11-17-21-6-7-22-17/h1-8,10H,9,11H2,(H,21,22)(H,23,25). The van der Waals surface area contributed by atoms with Gasteiger partial charge in [-0.15, -0.1) is 0 Å². The Bertz CT molecular complexity index is 1060. The maximum atomic E-state index is 12.3. The number of aromatic amines is 1. The van der Waals surface area contributed by atoms with Gasteiger partial charge in [0.1, 0.15) is 11.3 Å². The van der Waals surface area contributed by atoms with Gasteiger partial charge in [-0.05, 0) is 35.9 Å². The van der Waals surface area contributed by atoms with E-state index in [4.69, 9.17) is 16.0 Å². The first-order valence-electron chi connectivity index (χ1n) is 8.08. The molecule has 0 bridgehead atoms. The van der Waals surface area contributed by atoms with E-state index in [-0.39, 0.29) is 5.91 Å². The molecule has 1 amide bonds. The highest BCUT2D eigenvalue weighted by Gasteiger charge is 2.11. The van der Waals surface area contributed by atoms with Gasteiger partial charge >= 0.3 is 0 Å². The summed E-state index contributed by atoms with van der Waals surface area (Å²) in [6.07, 6.45) is 3.89. The summed E-state index contributed by atoms with van der Waals surface area (Å²) >= 11 is 6.01. The molecule has 0 unspecified atom stereocenters. The highest BCUT2D eigenvalue weighted by atomic mass is 35.5. The summed E-state index contributed by atoms with van der Waals surface area (Å²) in [4.78, 5) is 23.8. The summed E-state index contributed by atoms with van der Waals surface area (Å²) in [6.45, 7) is 0.334. The number of carbonyl (C=O) groups excluding carboxylic acids is 1. The number of carbonyl (C=O) groups is 1. The minimum absolute atomic E-state index is 0.198. The van der Waals surface area contributed by atoms with Gasteiger partial charge in [0.2, 0.25) is 0 Å². The maximum Gasteiger partial charge on any atom is 0.251 e. The van der Waals surface area contributed by atoms with Crippen LogP contribution in [-0.4, -0.2) is 20.9 Å². The zero-order valence-electron chi connectivity index (χ0n) is 13.7. The zero-order valence-corrected chi connectivity index (χ0v) is 14.5. The number of H-pyrrole nitrogens is 1. The number of hydrogen-bond acceptors (Lipinski definition) is 4. The average molecular weight is 367 g/mol. The van der Waals surface area contributed by atoms with Crippen LogP contribution in [0.2, 0.25) is 5.02 Å². The number of fused-ring (bicyclic) bond motifs is 1. The van der Waals surface area contributed by atoms with E-state index in [0.717, 1.165) is 5.56 Å². The van der Waals surface area contributed by atoms with Gasteiger partial charge < -0.3 is 14.7 Å². The number of amides is 1. The van der Waals surface area contributed by atoms with E-state index in [1.807, 2.05) is 24.3 Å². The molecule has 0 saturated carbocycles. The summed E-state index contributed by atoms with van der Waals surface area (Å²) in [5.74, 6) is 1.08. The lowest BCUT2D eigenvalue weighted by Gasteiger charge is -2.02. The van der Waals surface area contributed by atoms with Crippen LogP contribution in [0.25, 0.3) is 11.1 Å². The number of rotatable bonds is 5. The number of imidazole rings is 1. The molecule has 2 aromatic carbocycles. The van der Waals surface area contributed by atoms with Crippen LogP contribution >= 0.6 is 11.6 Å². The third-order valence-corrected chi connectivity index (χ3v) is 4.15. The van der Waals surface area contributed by atoms with Gasteiger partial charge in [0.25, 0.3) is 5.91 Å². The van der Waals surface area contributed by atoms with Crippen molar-refractivity contribution in [2.24, 2.45) is 0 Å². The Kier molecular flexibility index (Phi) is 4.41. The number of nitrogens with zero attached hydrogens (tertiary/aromatic N) is 2. The molecule has 0 fully saturated rings. The number of halogens is 1. The van der Waals surface area contributed by atoms with Crippen molar-refractivity contribution in [2.75, 3.05) is 0 Å². The number of nitrogens with one attached hydrogen (secondary N) is 2. The summed E-state index contributed by atoms with van der Waals surface area (Å²) in [6, 6.07) is 12.8. The van der Waals surface area contributed by atoms with E-state index in [1.165, 1.54) is 0 Å². The van der Waals surface area contributed by atoms with Gasteiger partial charge in [0.15, 0.2) is 11.5 Å². The van der Waals surface area contributed by atoms with E-state index in [9.17, 15) is 4.79 Å². The summed E-state index contributed by atoms with van der Waals surface area (Å²) in [7, 11) is 0. The van der Waals surface area contributed by atoms with Crippen LogP contribution in [0.15, 0.2) is 59.3 Å². The van der Waals surface area contributed by atoms with Crippen LogP contribution in [0.3, 0.4) is 0 Å². The van der Waals surface area contributed by atoms with Crippen LogP contribution in [-0.2, 0) is 13.0 Å². The minimum atomic E-state index is -0.198. The molecule has 0 radical (unpaired) electrons. The summed E-state index contributed by atoms with van der Waals surface area (Å²) < 4.78 is 5.80. The Balaban J connectivity index is 1.50. The van der Waals surface area contributed by atoms with Crippen LogP contribution in [0, 0.1) is 0 Å². The van der Waals surface area contributed by atoms with Crippen LogP contribution in [0.1, 0.15) is 27.6 Å². The topological polar surface area (TPSA) is 83.8 Å². The number of benzene rings is 2. The van der Waals surface area contributed by atoms with E-state index >= 15 is 0 Å². The lowest BCUT2D eigenvalue weighted by molar-refractivity contribution is 0.0950. The van der Waals surface area contributed by atoms with Gasteiger partial charge in [-0.3, -0.25) is 4.79 Å². The second kappa shape index (κ2) is 7.01. The first kappa shape index (κ1) is 16.4. The number of hydrogen-bond donors (Lipinski definition) is 2. The molecule has 130 valence electrons. The minimum Gasteiger partial charge on any atom is -0.440 e. The molecular weight excluding hydrogens is 352 g/mol. The fraction of sp³-hybridized carbons (Fsp3) is 0.105. The van der Waals surface area contributed by atoms with Crippen molar-refractivity contribution in [3.05, 3.63) is 82.7 Å². The average Bonchev–Trinajstić information content (AvgIpc) is 3.28. The normalized spacial score (nSPS) is 11.0. The van der Waals surface area contributed by atoms with Crippen molar-refractivity contribution in [1.29, 1.82) is 0 Å². The van der Waals surface area contributed by atoms with Gasteiger partial charge in [-0.1, -0.05) is 23.7 Å². The predicted molar refractivity (Wildman–Crippen MR) is 98.0 cm³/mol. The molecule has 7 heteroatoms. The van der Waals surface area contributed by atoms with Crippen LogP contribution in [0.4, 0.5) is 0 Å². The largest absolute Gasteiger partial charge is 0.440 e. The van der Waals surface area contributed by atoms with Crippen molar-refractivity contribution in [1.82, 2.24) is 20.3 Å². The summed E-state index contributed by atoms with van der Waals surface area (Å²) in [5.41, 5.74) is 2.81. The maximum absolute atomic E-state index is 12.3. The second-order valence-corrected chi connectivity index (χ2v) is 6.25. The SMILES string of the molecule is O=C(NCc1ncc[nH]1)c1ccc2nc(Cc3cccc(Cl)c3)oc2c1. The fourth-order valence-corrected chi connectivity index (χ4v) is 2.88. The van der Waals surface area contributed by atoms with Gasteiger partial charge in [0, 0.05) is 29.4 Å². The molecule has 4 aromatic rings. The molecule has 4 rings (SSSR count). The molecule has 0 aliphatic heterocycles. The molecule has 2 aromatic heterocycles. The van der Waals surface area contributed by atoms with Crippen molar-refractivity contribution in [3.8, 4) is 0 Å². The fourth-order valence-electron chi connectivity index (χ4n) is 2.67. The molecule has 0 aliphatic carbocycles. The second-order valence-electron chi connectivity index (χ2n) is 5.82. The Labute approximate surface area is 154 Å². The molecule has 0 atom stereocenters. The van der Waals surface area contributed by atoms with E-state index in [2.05, 4.69) is 20.3 Å². The summed E-state index contributed by atoms with van der Waals surface area (Å²) in [5, 5.41) is 3.48. The Morgan fingerprint density at radius 1 is 1.23 bits per heavy atom. The molecule has 6 nitrogen and oxygen atoms in total. The van der Waals surface area contributed by atoms with Crippen molar-refractivity contribution < 1.29 is 9.21 Å². The van der Waals surface area contributed by atoms with E-state index < -0.39 is 0 Å². The lowest BCUT2D eigenvalue weighted by atomic mass is 10.1. The highest BCUT2D eigenvalue weighted by Crippen LogP contribution is 2.20. The van der Waals surface area contributed by atoms with Gasteiger partial charge in [-0.2, -0.15) is 0 Å². The van der Waals surface area contributed by atoms with Crippen molar-refractivity contribution in [3.63, 3.8) is 0 Å². The zero-order chi connectivity index (χ0) is 17.9. The smallest absolute Gasteiger partial charge is 0.251 e. The molecule has 0 saturated heterocycles. The number of aromatic nitrogens is 3. The Hall–Kier alpha value is -3.12. The van der Waals surface area contributed by atoms with E-state index in [1.54, 1.807) is 30.6 Å². The molecule has 2 N–H and O–H groups in total. The molecular formula is C19H15ClN4O2. The first-order chi connectivity index (χ1) is 12.7. The first-order valence-corrected chi connectivity index (χ1v) is 8.45. The monoisotopic (exact) mass is 366 g/mol. The van der Waals surface area contributed by atoms with Crippen molar-refractivity contribution in [2.45, 2.75) is 13.0 Å². The molecule has 0 spiro atoms. The highest BCUT2D eigenvalue weighted by molar-refractivity contribution is 6.30. The third-order valence-electron chi connectivity index (χ3n) is 3.91. The lowest BCUT2D eigenvalue weighted by Crippen LogP contribution is -2.23. The Morgan fingerprint density at radius 2 is 2.15 bits per heavy atom. The van der Waals surface area contributed by atoms with Gasteiger partial charge in [-0.25, -0.2) is 9.97 Å². The van der Waals surface area contributed by atoms with Crippen molar-refractivity contribution >= 4 is 28.6 Å². The van der Waals surface area contributed by atoms with E-state index in [0.29, 0.717) is 46.4 Å². The molecule has 2 heterocycles. The van der Waals surface area contributed by atoms with Gasteiger partial charge in [0.05, 0.1) is 6.54 Å².